The van der Waals surface area contributed by atoms with Crippen LogP contribution in [0.5, 0.6) is 0 Å². The standard InChI is InChI=1S/C10H11N3.C3H6O2/c11-10-7-13(8-12-10)6-9-4-2-1-3-5-9;1-2-5-3-4/h1-5,7-8H,6,11H2;3H,2H2,1H3. The Labute approximate surface area is 106 Å². The highest BCUT2D eigenvalue weighted by Crippen LogP contribution is 2.03. The molecule has 0 atom stereocenters. The Balaban J connectivity index is 0.000000280. The second kappa shape index (κ2) is 7.89. The summed E-state index contributed by atoms with van der Waals surface area (Å²) in [5.41, 5.74) is 6.75. The van der Waals surface area contributed by atoms with Gasteiger partial charge >= 0.3 is 0 Å². The SMILES string of the molecule is CCOC=O.Nc1cn(Cc2ccccc2)cn1. The van der Waals surface area contributed by atoms with E-state index in [0.29, 0.717) is 18.9 Å². The fraction of sp³-hybridized carbons (Fsp3) is 0.231. The average Bonchev–Trinajstić information content (AvgIpc) is 2.78. The number of aromatic nitrogens is 2. The van der Waals surface area contributed by atoms with E-state index in [2.05, 4.69) is 21.9 Å². The number of nitrogens with zero attached hydrogens (tertiary/aromatic N) is 2. The van der Waals surface area contributed by atoms with Crippen LogP contribution in [-0.4, -0.2) is 22.6 Å². The summed E-state index contributed by atoms with van der Waals surface area (Å²) in [6.07, 6.45) is 3.56. The number of hydrogen-bond acceptors (Lipinski definition) is 4. The summed E-state index contributed by atoms with van der Waals surface area (Å²) in [5.74, 6) is 0.566. The van der Waals surface area contributed by atoms with Crippen LogP contribution < -0.4 is 5.73 Å². The first-order chi connectivity index (χ1) is 8.76. The molecule has 1 heterocycles. The molecule has 0 aliphatic carbocycles. The molecule has 0 bridgehead atoms. The van der Waals surface area contributed by atoms with E-state index in [1.807, 2.05) is 29.0 Å². The molecule has 1 aromatic carbocycles. The predicted octanol–water partition coefficient (Wildman–Crippen LogP) is 1.69. The Hall–Kier alpha value is -2.30. The number of carbonyl (C=O) groups excluding carboxylic acids is 1. The van der Waals surface area contributed by atoms with E-state index < -0.39 is 0 Å². The zero-order valence-electron chi connectivity index (χ0n) is 10.3. The zero-order chi connectivity index (χ0) is 13.2. The first kappa shape index (κ1) is 13.8. The van der Waals surface area contributed by atoms with Gasteiger partial charge in [-0.2, -0.15) is 0 Å². The van der Waals surface area contributed by atoms with Gasteiger partial charge in [0, 0.05) is 12.7 Å². The van der Waals surface area contributed by atoms with Crippen LogP contribution in [0.2, 0.25) is 0 Å². The number of imidazole rings is 1. The molecule has 0 aliphatic heterocycles. The highest BCUT2D eigenvalue weighted by atomic mass is 16.5. The Morgan fingerprint density at radius 1 is 1.39 bits per heavy atom. The maximum absolute atomic E-state index is 9.18. The van der Waals surface area contributed by atoms with E-state index in [9.17, 15) is 4.79 Å². The van der Waals surface area contributed by atoms with Crippen molar-refractivity contribution in [2.24, 2.45) is 0 Å². The van der Waals surface area contributed by atoms with E-state index in [1.54, 1.807) is 13.3 Å². The molecule has 0 saturated carbocycles. The summed E-state index contributed by atoms with van der Waals surface area (Å²) in [5, 5.41) is 0. The number of carbonyl (C=O) groups is 1. The first-order valence-electron chi connectivity index (χ1n) is 5.62. The maximum Gasteiger partial charge on any atom is 0.293 e. The molecule has 1 aromatic heterocycles. The quantitative estimate of drug-likeness (QED) is 0.835. The van der Waals surface area contributed by atoms with Gasteiger partial charge in [-0.05, 0) is 12.5 Å². The third-order valence-electron chi connectivity index (χ3n) is 2.10. The van der Waals surface area contributed by atoms with Crippen LogP contribution in [0.1, 0.15) is 12.5 Å². The van der Waals surface area contributed by atoms with Gasteiger partial charge in [0.15, 0.2) is 0 Å². The summed E-state index contributed by atoms with van der Waals surface area (Å²) >= 11 is 0. The van der Waals surface area contributed by atoms with Gasteiger partial charge in [-0.25, -0.2) is 4.98 Å². The predicted molar refractivity (Wildman–Crippen MR) is 69.9 cm³/mol. The van der Waals surface area contributed by atoms with Crippen molar-refractivity contribution in [3.63, 3.8) is 0 Å². The summed E-state index contributed by atoms with van der Waals surface area (Å²) < 4.78 is 6.12. The minimum absolute atomic E-state index is 0.431. The Kier molecular flexibility index (Phi) is 6.03. The van der Waals surface area contributed by atoms with Crippen molar-refractivity contribution in [1.82, 2.24) is 9.55 Å². The van der Waals surface area contributed by atoms with Gasteiger partial charge in [0.25, 0.3) is 6.47 Å². The molecule has 2 N–H and O–H groups in total. The molecule has 2 aromatic rings. The number of ether oxygens (including phenoxy) is 1. The van der Waals surface area contributed by atoms with Gasteiger partial charge in [-0.3, -0.25) is 4.79 Å². The van der Waals surface area contributed by atoms with Crippen molar-refractivity contribution < 1.29 is 9.53 Å². The van der Waals surface area contributed by atoms with Crippen molar-refractivity contribution in [3.05, 3.63) is 48.4 Å². The zero-order valence-corrected chi connectivity index (χ0v) is 10.3. The van der Waals surface area contributed by atoms with Crippen LogP contribution >= 0.6 is 0 Å². The third-order valence-corrected chi connectivity index (χ3v) is 2.10. The van der Waals surface area contributed by atoms with E-state index in [-0.39, 0.29) is 0 Å². The molecule has 0 saturated heterocycles. The lowest BCUT2D eigenvalue weighted by Gasteiger charge is -2.00. The fourth-order valence-electron chi connectivity index (χ4n) is 1.33. The van der Waals surface area contributed by atoms with Crippen LogP contribution in [0.4, 0.5) is 5.82 Å². The monoisotopic (exact) mass is 247 g/mol. The molecule has 0 amide bonds. The fourth-order valence-corrected chi connectivity index (χ4v) is 1.33. The van der Waals surface area contributed by atoms with Gasteiger partial charge < -0.3 is 15.0 Å². The molecule has 0 spiro atoms. The molecule has 18 heavy (non-hydrogen) atoms. The number of rotatable bonds is 4. The number of nitrogens with two attached hydrogens (primary N) is 1. The smallest absolute Gasteiger partial charge is 0.293 e. The minimum Gasteiger partial charge on any atom is -0.468 e. The Morgan fingerprint density at radius 2 is 2.11 bits per heavy atom. The molecule has 0 radical (unpaired) electrons. The highest BCUT2D eigenvalue weighted by molar-refractivity contribution is 5.36. The molecule has 0 aliphatic rings. The number of anilines is 1. The molecule has 0 fully saturated rings. The Morgan fingerprint density at radius 3 is 2.56 bits per heavy atom. The summed E-state index contributed by atoms with van der Waals surface area (Å²) in [6.45, 7) is 3.49. The molecule has 5 nitrogen and oxygen atoms in total. The van der Waals surface area contributed by atoms with Gasteiger partial charge in [-0.1, -0.05) is 30.3 Å². The van der Waals surface area contributed by atoms with Gasteiger partial charge in [0.1, 0.15) is 5.82 Å². The van der Waals surface area contributed by atoms with Crippen molar-refractivity contribution in [3.8, 4) is 0 Å². The van der Waals surface area contributed by atoms with Crippen molar-refractivity contribution in [2.75, 3.05) is 12.3 Å². The largest absolute Gasteiger partial charge is 0.468 e. The summed E-state index contributed by atoms with van der Waals surface area (Å²) in [4.78, 5) is 13.1. The van der Waals surface area contributed by atoms with Crippen LogP contribution in [0.3, 0.4) is 0 Å². The van der Waals surface area contributed by atoms with E-state index in [1.165, 1.54) is 5.56 Å². The van der Waals surface area contributed by atoms with Crippen molar-refractivity contribution in [1.29, 1.82) is 0 Å². The van der Waals surface area contributed by atoms with Gasteiger partial charge in [-0.15, -0.1) is 0 Å². The second-order valence-electron chi connectivity index (χ2n) is 3.51. The van der Waals surface area contributed by atoms with Crippen molar-refractivity contribution in [2.45, 2.75) is 13.5 Å². The van der Waals surface area contributed by atoms with Gasteiger partial charge in [0.05, 0.1) is 12.9 Å². The van der Waals surface area contributed by atoms with E-state index in [0.717, 1.165) is 6.54 Å². The summed E-state index contributed by atoms with van der Waals surface area (Å²) in [6, 6.07) is 10.2. The molecular formula is C13H17N3O2. The Bertz CT molecular complexity index is 454. The van der Waals surface area contributed by atoms with Crippen molar-refractivity contribution >= 4 is 12.3 Å². The number of benzene rings is 1. The maximum atomic E-state index is 9.18. The molecule has 2 rings (SSSR count). The van der Waals surface area contributed by atoms with Crippen LogP contribution in [0, 0.1) is 0 Å². The average molecular weight is 247 g/mol. The second-order valence-corrected chi connectivity index (χ2v) is 3.51. The van der Waals surface area contributed by atoms with Gasteiger partial charge in [0.2, 0.25) is 0 Å². The third kappa shape index (κ3) is 5.16. The van der Waals surface area contributed by atoms with Crippen LogP contribution in [-0.2, 0) is 16.1 Å². The lowest BCUT2D eigenvalue weighted by atomic mass is 10.2. The van der Waals surface area contributed by atoms with Crippen LogP contribution in [0.15, 0.2) is 42.9 Å². The lowest BCUT2D eigenvalue weighted by molar-refractivity contribution is -0.128. The normalized spacial score (nSPS) is 9.17. The molecule has 96 valence electrons. The van der Waals surface area contributed by atoms with E-state index >= 15 is 0 Å². The minimum atomic E-state index is 0.431. The number of hydrogen-bond donors (Lipinski definition) is 1. The number of nitrogen functional groups attached to an aromatic ring is 1. The van der Waals surface area contributed by atoms with E-state index in [4.69, 9.17) is 5.73 Å². The molecular weight excluding hydrogens is 230 g/mol. The molecule has 5 heteroatoms. The first-order valence-corrected chi connectivity index (χ1v) is 5.62. The molecule has 0 unspecified atom stereocenters. The highest BCUT2D eigenvalue weighted by Gasteiger charge is 1.94. The van der Waals surface area contributed by atoms with Crippen LogP contribution in [0.25, 0.3) is 0 Å². The summed E-state index contributed by atoms with van der Waals surface area (Å²) in [7, 11) is 0. The lowest BCUT2D eigenvalue weighted by Crippen LogP contribution is -1.95. The topological polar surface area (TPSA) is 70.1 Å².